The summed E-state index contributed by atoms with van der Waals surface area (Å²) in [6.07, 6.45) is 9.13. The fraction of sp³-hybridized carbons (Fsp3) is 0.700. The Hall–Kier alpha value is -1.24. The van der Waals surface area contributed by atoms with Crippen molar-refractivity contribution in [2.75, 3.05) is 14.1 Å². The van der Waals surface area contributed by atoms with Crippen molar-refractivity contribution in [3.05, 3.63) is 16.8 Å². The number of aliphatic hydroxyl groups is 1. The fourth-order valence-corrected chi connectivity index (χ4v) is 5.85. The summed E-state index contributed by atoms with van der Waals surface area (Å²) in [5.74, 6) is 1.16. The quantitative estimate of drug-likeness (QED) is 0.863. The predicted molar refractivity (Wildman–Crippen MR) is 105 cm³/mol. The van der Waals surface area contributed by atoms with Crippen molar-refractivity contribution in [1.29, 1.82) is 0 Å². The number of hydrogen-bond donors (Lipinski definition) is 1. The summed E-state index contributed by atoms with van der Waals surface area (Å²) in [7, 11) is 4.33. The van der Waals surface area contributed by atoms with Crippen LogP contribution in [0.2, 0.25) is 0 Å². The number of fused-ring (bicyclic) bond motifs is 3. The van der Waals surface area contributed by atoms with Gasteiger partial charge in [0.2, 0.25) is 5.88 Å². The Labute approximate surface area is 159 Å². The van der Waals surface area contributed by atoms with Gasteiger partial charge in [-0.3, -0.25) is 0 Å². The second kappa shape index (κ2) is 7.41. The first-order valence-electron chi connectivity index (χ1n) is 9.80. The van der Waals surface area contributed by atoms with Crippen molar-refractivity contribution in [3.8, 4) is 5.88 Å². The average Bonchev–Trinajstić information content (AvgIpc) is 3.15. The lowest BCUT2D eigenvalue weighted by molar-refractivity contribution is 0.108. The second-order valence-electron chi connectivity index (χ2n) is 8.13. The molecule has 5 nitrogen and oxygen atoms in total. The number of thiophene rings is 1. The highest BCUT2D eigenvalue weighted by atomic mass is 32.1. The first-order chi connectivity index (χ1) is 12.5. The number of nitrogens with zero attached hydrogens (tertiary/aromatic N) is 3. The molecule has 0 radical (unpaired) electrons. The van der Waals surface area contributed by atoms with Gasteiger partial charge in [0.25, 0.3) is 0 Å². The molecule has 1 saturated carbocycles. The maximum atomic E-state index is 9.88. The molecule has 2 aliphatic carbocycles. The van der Waals surface area contributed by atoms with Gasteiger partial charge in [0, 0.05) is 10.9 Å². The Kier molecular flexibility index (Phi) is 5.17. The van der Waals surface area contributed by atoms with Gasteiger partial charge >= 0.3 is 0 Å². The van der Waals surface area contributed by atoms with Gasteiger partial charge in [-0.05, 0) is 77.4 Å². The maximum Gasteiger partial charge on any atom is 0.225 e. The number of aryl methyl sites for hydroxylation is 1. The largest absolute Gasteiger partial charge is 0.474 e. The van der Waals surface area contributed by atoms with Gasteiger partial charge in [0.15, 0.2) is 0 Å². The van der Waals surface area contributed by atoms with Gasteiger partial charge < -0.3 is 14.7 Å². The fourth-order valence-electron chi connectivity index (χ4n) is 4.61. The molecule has 0 unspecified atom stereocenters. The van der Waals surface area contributed by atoms with Gasteiger partial charge in [0.05, 0.1) is 11.5 Å². The van der Waals surface area contributed by atoms with E-state index < -0.39 is 0 Å². The van der Waals surface area contributed by atoms with E-state index in [1.165, 1.54) is 23.3 Å². The van der Waals surface area contributed by atoms with Crippen LogP contribution in [0, 0.1) is 0 Å². The molecule has 0 spiro atoms. The van der Waals surface area contributed by atoms with Crippen molar-refractivity contribution in [2.45, 2.75) is 76.0 Å². The number of rotatable bonds is 5. The molecular weight excluding hydrogens is 346 g/mol. The van der Waals surface area contributed by atoms with Crippen molar-refractivity contribution in [1.82, 2.24) is 14.9 Å². The van der Waals surface area contributed by atoms with E-state index in [1.54, 1.807) is 17.7 Å². The molecule has 0 saturated heterocycles. The normalized spacial score (nSPS) is 27.0. The Morgan fingerprint density at radius 2 is 2.00 bits per heavy atom. The van der Waals surface area contributed by atoms with Crippen LogP contribution < -0.4 is 4.74 Å². The van der Waals surface area contributed by atoms with Crippen LogP contribution in [0.25, 0.3) is 10.2 Å². The summed E-state index contributed by atoms with van der Waals surface area (Å²) in [6.45, 7) is 1.88. The molecule has 26 heavy (non-hydrogen) atoms. The van der Waals surface area contributed by atoms with E-state index in [4.69, 9.17) is 4.74 Å². The van der Waals surface area contributed by atoms with Crippen molar-refractivity contribution in [3.63, 3.8) is 0 Å². The van der Waals surface area contributed by atoms with E-state index in [1.807, 2.05) is 6.92 Å². The number of hydrogen-bond acceptors (Lipinski definition) is 6. The smallest absolute Gasteiger partial charge is 0.225 e. The lowest BCUT2D eigenvalue weighted by Crippen LogP contribution is -2.35. The zero-order chi connectivity index (χ0) is 18.3. The molecule has 142 valence electrons. The molecule has 4 rings (SSSR count). The van der Waals surface area contributed by atoms with Gasteiger partial charge in [-0.15, -0.1) is 11.3 Å². The molecule has 2 atom stereocenters. The molecule has 1 fully saturated rings. The van der Waals surface area contributed by atoms with E-state index in [0.29, 0.717) is 12.0 Å². The molecule has 2 aliphatic rings. The molecule has 6 heteroatoms. The molecule has 2 aromatic heterocycles. The summed E-state index contributed by atoms with van der Waals surface area (Å²) < 4.78 is 6.41. The molecule has 0 amide bonds. The Bertz CT molecular complexity index is 766. The predicted octanol–water partition coefficient (Wildman–Crippen LogP) is 3.74. The van der Waals surface area contributed by atoms with Gasteiger partial charge in [0.1, 0.15) is 17.3 Å². The molecule has 0 aliphatic heterocycles. The molecule has 2 aromatic rings. The number of aliphatic hydroxyl groups excluding tert-OH is 1. The van der Waals surface area contributed by atoms with Crippen LogP contribution in [-0.2, 0) is 6.42 Å². The van der Waals surface area contributed by atoms with E-state index in [-0.39, 0.29) is 12.2 Å². The van der Waals surface area contributed by atoms with Crippen LogP contribution in [-0.4, -0.2) is 52.3 Å². The third kappa shape index (κ3) is 3.47. The highest BCUT2D eigenvalue weighted by molar-refractivity contribution is 7.19. The van der Waals surface area contributed by atoms with Crippen LogP contribution in [0.1, 0.15) is 61.8 Å². The van der Waals surface area contributed by atoms with Gasteiger partial charge in [-0.25, -0.2) is 9.97 Å². The van der Waals surface area contributed by atoms with E-state index in [2.05, 4.69) is 29.0 Å². The molecular formula is C20H29N3O2S. The molecule has 2 heterocycles. The first-order valence-corrected chi connectivity index (χ1v) is 10.6. The highest BCUT2D eigenvalue weighted by Crippen LogP contribution is 2.47. The van der Waals surface area contributed by atoms with Crippen LogP contribution in [0.5, 0.6) is 5.88 Å². The molecule has 1 N–H and O–H groups in total. The van der Waals surface area contributed by atoms with Crippen molar-refractivity contribution < 1.29 is 9.84 Å². The van der Waals surface area contributed by atoms with Crippen LogP contribution in [0.15, 0.2) is 6.33 Å². The Balaban J connectivity index is 1.58. The summed E-state index contributed by atoms with van der Waals surface area (Å²) in [5.41, 5.74) is 1.35. The Morgan fingerprint density at radius 1 is 1.23 bits per heavy atom. The monoisotopic (exact) mass is 375 g/mol. The zero-order valence-electron chi connectivity index (χ0n) is 15.9. The standard InChI is InChI=1S/C20H29N3O2S/c1-12(24)10-13-4-9-16-17(13)18-19(21-11-22-20(18)26-16)25-15-7-5-14(6-8-15)23(2)3/h11-15,24H,4-10H2,1-3H3/t12-,13-,14-,15-/m1/s1. The lowest BCUT2D eigenvalue weighted by Gasteiger charge is -2.32. The van der Waals surface area contributed by atoms with Gasteiger partial charge in [-0.2, -0.15) is 0 Å². The SMILES string of the molecule is C[C@@H](O)C[C@H]1CCc2sc3ncnc(O[C@H]4CC[C@H](N(C)C)CC4)c3c21. The maximum absolute atomic E-state index is 9.88. The van der Waals surface area contributed by atoms with Crippen LogP contribution in [0.3, 0.4) is 0 Å². The van der Waals surface area contributed by atoms with Crippen LogP contribution in [0.4, 0.5) is 0 Å². The lowest BCUT2D eigenvalue weighted by atomic mass is 9.92. The molecule has 0 aromatic carbocycles. The number of aromatic nitrogens is 2. The number of ether oxygens (including phenoxy) is 1. The van der Waals surface area contributed by atoms with Crippen molar-refractivity contribution >= 4 is 21.6 Å². The van der Waals surface area contributed by atoms with E-state index in [0.717, 1.165) is 48.2 Å². The summed E-state index contributed by atoms with van der Waals surface area (Å²) in [6, 6.07) is 0.668. The summed E-state index contributed by atoms with van der Waals surface area (Å²) >= 11 is 1.78. The topological polar surface area (TPSA) is 58.5 Å². The third-order valence-electron chi connectivity index (χ3n) is 5.97. The van der Waals surface area contributed by atoms with Crippen molar-refractivity contribution in [2.24, 2.45) is 0 Å². The Morgan fingerprint density at radius 3 is 2.69 bits per heavy atom. The minimum atomic E-state index is -0.281. The first kappa shape index (κ1) is 18.1. The minimum Gasteiger partial charge on any atom is -0.474 e. The van der Waals surface area contributed by atoms with Gasteiger partial charge in [-0.1, -0.05) is 0 Å². The average molecular weight is 376 g/mol. The molecule has 0 bridgehead atoms. The zero-order valence-corrected chi connectivity index (χ0v) is 16.8. The second-order valence-corrected chi connectivity index (χ2v) is 9.21. The summed E-state index contributed by atoms with van der Waals surface area (Å²) in [5, 5.41) is 11.0. The minimum absolute atomic E-state index is 0.247. The highest BCUT2D eigenvalue weighted by Gasteiger charge is 2.32. The van der Waals surface area contributed by atoms with E-state index in [9.17, 15) is 5.11 Å². The third-order valence-corrected chi connectivity index (χ3v) is 7.15. The van der Waals surface area contributed by atoms with E-state index >= 15 is 0 Å². The summed E-state index contributed by atoms with van der Waals surface area (Å²) in [4.78, 5) is 13.8. The van der Waals surface area contributed by atoms with Crippen LogP contribution >= 0.6 is 11.3 Å².